The predicted octanol–water partition coefficient (Wildman–Crippen LogP) is 3.18. The zero-order chi connectivity index (χ0) is 15.2. The first-order valence-corrected chi connectivity index (χ1v) is 8.77. The molecule has 0 N–H and O–H groups in total. The largest absolute Gasteiger partial charge is 0.309 e. The molecule has 0 amide bonds. The van der Waals surface area contributed by atoms with Crippen molar-refractivity contribution in [1.29, 1.82) is 5.26 Å². The van der Waals surface area contributed by atoms with Crippen LogP contribution >= 0.6 is 7.14 Å². The normalized spacial score (nSPS) is 18.3. The number of hydrogen-bond donors (Lipinski definition) is 0. The van der Waals surface area contributed by atoms with Crippen LogP contribution in [0.15, 0.2) is 72.8 Å². The van der Waals surface area contributed by atoms with Crippen molar-refractivity contribution in [2.75, 3.05) is 0 Å². The first kappa shape index (κ1) is 13.1. The lowest BCUT2D eigenvalue weighted by molar-refractivity contribution is 0.593. The van der Waals surface area contributed by atoms with Crippen molar-refractivity contribution in [2.45, 2.75) is 0 Å². The summed E-state index contributed by atoms with van der Waals surface area (Å²) in [7, 11) is -2.98. The second-order valence-corrected chi connectivity index (χ2v) is 7.94. The SMILES string of the molecule is N#Cc1cccc2c1P(=O)(c1ccccc1)c1ccccc1-2. The van der Waals surface area contributed by atoms with Gasteiger partial charge in [-0.3, -0.25) is 0 Å². The topological polar surface area (TPSA) is 40.9 Å². The van der Waals surface area contributed by atoms with E-state index in [1.54, 1.807) is 6.07 Å². The van der Waals surface area contributed by atoms with Gasteiger partial charge in [0.25, 0.3) is 0 Å². The van der Waals surface area contributed by atoms with Gasteiger partial charge in [0.2, 0.25) is 0 Å². The molecule has 3 heteroatoms. The highest BCUT2D eigenvalue weighted by Gasteiger charge is 2.41. The van der Waals surface area contributed by atoms with Crippen LogP contribution in [0.2, 0.25) is 0 Å². The maximum absolute atomic E-state index is 14.1. The van der Waals surface area contributed by atoms with Gasteiger partial charge in [0.15, 0.2) is 7.14 Å². The summed E-state index contributed by atoms with van der Waals surface area (Å²) < 4.78 is 14.1. The Morgan fingerprint density at radius 1 is 0.773 bits per heavy atom. The maximum atomic E-state index is 14.1. The van der Waals surface area contributed by atoms with Crippen LogP contribution in [0.3, 0.4) is 0 Å². The molecule has 0 saturated carbocycles. The van der Waals surface area contributed by atoms with Crippen molar-refractivity contribution in [2.24, 2.45) is 0 Å². The fourth-order valence-electron chi connectivity index (χ4n) is 3.19. The highest BCUT2D eigenvalue weighted by Crippen LogP contribution is 2.52. The monoisotopic (exact) mass is 301 g/mol. The predicted molar refractivity (Wildman–Crippen MR) is 89.5 cm³/mol. The molecule has 0 bridgehead atoms. The van der Waals surface area contributed by atoms with Crippen LogP contribution in [-0.2, 0) is 4.57 Å². The lowest BCUT2D eigenvalue weighted by Crippen LogP contribution is -2.22. The van der Waals surface area contributed by atoms with E-state index < -0.39 is 7.14 Å². The number of nitrogens with zero attached hydrogens (tertiary/aromatic N) is 1. The van der Waals surface area contributed by atoms with Gasteiger partial charge in [-0.15, -0.1) is 0 Å². The van der Waals surface area contributed by atoms with Crippen LogP contribution in [0.4, 0.5) is 0 Å². The average molecular weight is 301 g/mol. The highest BCUT2D eigenvalue weighted by molar-refractivity contribution is 7.86. The van der Waals surface area contributed by atoms with E-state index in [0.29, 0.717) is 10.9 Å². The van der Waals surface area contributed by atoms with E-state index in [1.165, 1.54) is 0 Å². The summed E-state index contributed by atoms with van der Waals surface area (Å²) in [4.78, 5) is 0. The molecule has 0 spiro atoms. The average Bonchev–Trinajstić information content (AvgIpc) is 2.87. The molecule has 1 aliphatic rings. The smallest absolute Gasteiger partial charge is 0.173 e. The molecule has 3 aromatic rings. The standard InChI is InChI=1S/C19H12NOP/c20-13-14-7-6-11-17-16-10-4-5-12-18(16)22(21,19(14)17)15-8-2-1-3-9-15/h1-12H. The van der Waals surface area contributed by atoms with E-state index in [2.05, 4.69) is 6.07 Å². The Kier molecular flexibility index (Phi) is 2.79. The second-order valence-electron chi connectivity index (χ2n) is 5.28. The second kappa shape index (κ2) is 4.70. The molecule has 4 rings (SSSR count). The Bertz CT molecular complexity index is 970. The molecule has 1 atom stereocenters. The number of nitriles is 1. The Labute approximate surface area is 129 Å². The molecule has 1 unspecified atom stereocenters. The van der Waals surface area contributed by atoms with Gasteiger partial charge in [0, 0.05) is 15.9 Å². The van der Waals surface area contributed by atoms with E-state index in [4.69, 9.17) is 0 Å². The van der Waals surface area contributed by atoms with Crippen LogP contribution in [-0.4, -0.2) is 0 Å². The number of rotatable bonds is 1. The molecule has 1 aliphatic heterocycles. The van der Waals surface area contributed by atoms with Crippen molar-refractivity contribution >= 4 is 23.1 Å². The summed E-state index contributed by atoms with van der Waals surface area (Å²) in [5.74, 6) is 0. The van der Waals surface area contributed by atoms with E-state index in [-0.39, 0.29) is 0 Å². The summed E-state index contributed by atoms with van der Waals surface area (Å²) in [6.45, 7) is 0. The van der Waals surface area contributed by atoms with Crippen molar-refractivity contribution in [3.05, 3.63) is 78.4 Å². The minimum absolute atomic E-state index is 0.501. The molecular formula is C19H12NOP. The van der Waals surface area contributed by atoms with Gasteiger partial charge in [0.1, 0.15) is 0 Å². The summed E-state index contributed by atoms with van der Waals surface area (Å²) in [5.41, 5.74) is 2.39. The van der Waals surface area contributed by atoms with Crippen LogP contribution in [0.1, 0.15) is 5.56 Å². The third-order valence-electron chi connectivity index (χ3n) is 4.12. The quantitative estimate of drug-likeness (QED) is 0.507. The van der Waals surface area contributed by atoms with Crippen LogP contribution in [0, 0.1) is 11.3 Å². The number of benzene rings is 3. The molecule has 22 heavy (non-hydrogen) atoms. The van der Waals surface area contributed by atoms with Crippen molar-refractivity contribution in [1.82, 2.24) is 0 Å². The van der Waals surface area contributed by atoms with Gasteiger partial charge in [-0.2, -0.15) is 5.26 Å². The molecule has 1 heterocycles. The van der Waals surface area contributed by atoms with Gasteiger partial charge < -0.3 is 4.57 Å². The number of hydrogen-bond acceptors (Lipinski definition) is 2. The van der Waals surface area contributed by atoms with Crippen LogP contribution in [0.5, 0.6) is 0 Å². The van der Waals surface area contributed by atoms with E-state index in [0.717, 1.165) is 21.7 Å². The molecule has 104 valence electrons. The molecule has 3 aromatic carbocycles. The van der Waals surface area contributed by atoms with Gasteiger partial charge in [-0.1, -0.05) is 66.7 Å². The van der Waals surface area contributed by atoms with Crippen molar-refractivity contribution in [3.8, 4) is 17.2 Å². The molecule has 0 fully saturated rings. The van der Waals surface area contributed by atoms with Crippen molar-refractivity contribution < 1.29 is 4.57 Å². The zero-order valence-electron chi connectivity index (χ0n) is 11.7. The Morgan fingerprint density at radius 2 is 1.45 bits per heavy atom. The summed E-state index contributed by atoms with van der Waals surface area (Å²) >= 11 is 0. The number of fused-ring (bicyclic) bond motifs is 3. The summed E-state index contributed by atoms with van der Waals surface area (Å²) in [6, 6.07) is 25.0. The maximum Gasteiger partial charge on any atom is 0.173 e. The van der Waals surface area contributed by atoms with Crippen LogP contribution in [0.25, 0.3) is 11.1 Å². The Morgan fingerprint density at radius 3 is 2.23 bits per heavy atom. The van der Waals surface area contributed by atoms with E-state index in [1.807, 2.05) is 66.7 Å². The first-order chi connectivity index (χ1) is 10.8. The molecule has 2 nitrogen and oxygen atoms in total. The molecule has 0 aromatic heterocycles. The molecule has 0 saturated heterocycles. The minimum Gasteiger partial charge on any atom is -0.309 e. The van der Waals surface area contributed by atoms with Gasteiger partial charge in [-0.25, -0.2) is 0 Å². The molecule has 0 radical (unpaired) electrons. The third kappa shape index (κ3) is 1.58. The summed E-state index contributed by atoms with van der Waals surface area (Å²) in [6.07, 6.45) is 0. The van der Waals surface area contributed by atoms with Gasteiger partial charge >= 0.3 is 0 Å². The third-order valence-corrected chi connectivity index (χ3v) is 7.33. The van der Waals surface area contributed by atoms with E-state index >= 15 is 0 Å². The molecule has 0 aliphatic carbocycles. The zero-order valence-corrected chi connectivity index (χ0v) is 12.6. The highest BCUT2D eigenvalue weighted by atomic mass is 31.2. The van der Waals surface area contributed by atoms with Gasteiger partial charge in [0.05, 0.1) is 11.6 Å². The van der Waals surface area contributed by atoms with Crippen molar-refractivity contribution in [3.63, 3.8) is 0 Å². The van der Waals surface area contributed by atoms with Crippen LogP contribution < -0.4 is 15.9 Å². The molecular weight excluding hydrogens is 289 g/mol. The summed E-state index contributed by atoms with van der Waals surface area (Å²) in [5, 5.41) is 11.8. The Balaban J connectivity index is 2.18. The van der Waals surface area contributed by atoms with Gasteiger partial charge in [-0.05, 0) is 17.2 Å². The fourth-order valence-corrected chi connectivity index (χ4v) is 6.39. The lowest BCUT2D eigenvalue weighted by Gasteiger charge is -2.16. The van der Waals surface area contributed by atoms with E-state index in [9.17, 15) is 9.83 Å². The minimum atomic E-state index is -2.98. The fraction of sp³-hybridized carbons (Fsp3) is 0. The first-order valence-electron chi connectivity index (χ1n) is 7.06. The Hall–Kier alpha value is -2.62. The lowest BCUT2D eigenvalue weighted by atomic mass is 10.0.